The van der Waals surface area contributed by atoms with Crippen molar-refractivity contribution >= 4 is 48.2 Å². The molecule has 1 aromatic carbocycles. The molecule has 0 unspecified atom stereocenters. The number of anilines is 3. The highest BCUT2D eigenvalue weighted by Gasteiger charge is 2.17. The number of aromatic nitrogens is 5. The van der Waals surface area contributed by atoms with Gasteiger partial charge in [-0.15, -0.1) is 0 Å². The number of rotatable bonds is 8. The number of ether oxygens (including phenoxy) is 1. The topological polar surface area (TPSA) is 147 Å². The Morgan fingerprint density at radius 2 is 2.09 bits per heavy atom. The second-order valence-electron chi connectivity index (χ2n) is 8.30. The summed E-state index contributed by atoms with van der Waals surface area (Å²) in [6.07, 6.45) is 1.32. The van der Waals surface area contributed by atoms with Gasteiger partial charge in [-0.25, -0.2) is 19.3 Å². The van der Waals surface area contributed by atoms with Gasteiger partial charge in [0.25, 0.3) is 11.8 Å². The fourth-order valence-corrected chi connectivity index (χ4v) is 3.72. The van der Waals surface area contributed by atoms with E-state index < -0.39 is 13.8 Å². The zero-order valence-electron chi connectivity index (χ0n) is 17.8. The number of oxazole rings is 1. The van der Waals surface area contributed by atoms with Crippen LogP contribution >= 0.6 is 11.6 Å². The van der Waals surface area contributed by atoms with E-state index >= 15 is 0 Å². The van der Waals surface area contributed by atoms with Crippen molar-refractivity contribution < 1.29 is 13.7 Å². The molecule has 0 aliphatic rings. The molecule has 0 saturated carbocycles. The van der Waals surface area contributed by atoms with Gasteiger partial charge in [-0.1, -0.05) is 31.2 Å². The number of nitrogens with zero attached hydrogens (tertiary/aromatic N) is 5. The molecular weight excluding hydrogens is 454 g/mol. The minimum atomic E-state index is -1.20. The fraction of sp³-hybridized carbons (Fsp3) is 0.316. The van der Waals surface area contributed by atoms with Gasteiger partial charge in [-0.2, -0.15) is 4.98 Å². The van der Waals surface area contributed by atoms with Gasteiger partial charge in [-0.05, 0) is 23.3 Å². The Bertz CT molecular complexity index is 1310. The first-order valence-electron chi connectivity index (χ1n) is 9.80. The van der Waals surface area contributed by atoms with Gasteiger partial charge >= 0.3 is 5.76 Å². The van der Waals surface area contributed by atoms with Gasteiger partial charge in [0.05, 0.1) is 11.7 Å². The summed E-state index contributed by atoms with van der Waals surface area (Å²) >= 11 is 5.85. The Labute approximate surface area is 188 Å². The van der Waals surface area contributed by atoms with E-state index in [9.17, 15) is 4.79 Å². The van der Waals surface area contributed by atoms with Crippen molar-refractivity contribution in [3.8, 4) is 11.6 Å². The van der Waals surface area contributed by atoms with Crippen molar-refractivity contribution in [2.45, 2.75) is 32.4 Å². The first-order chi connectivity index (χ1) is 15.2. The third-order valence-electron chi connectivity index (χ3n) is 4.54. The molecule has 13 heteroatoms. The summed E-state index contributed by atoms with van der Waals surface area (Å²) in [5.74, 6) is -0.144. The summed E-state index contributed by atoms with van der Waals surface area (Å²) in [4.78, 5) is 24.4. The van der Waals surface area contributed by atoms with Crippen LogP contribution < -0.4 is 16.8 Å². The highest BCUT2D eigenvalue weighted by Crippen LogP contribution is 2.25. The molecule has 0 aliphatic carbocycles. The molecule has 0 amide bonds. The molecule has 0 spiro atoms. The largest absolute Gasteiger partial charge is 0.421 e. The first kappa shape index (κ1) is 22.0. The van der Waals surface area contributed by atoms with Crippen molar-refractivity contribution in [2.24, 2.45) is 0 Å². The summed E-state index contributed by atoms with van der Waals surface area (Å²) in [7, 11) is -1.20. The average Bonchev–Trinajstić information content (AvgIpc) is 3.30. The van der Waals surface area contributed by atoms with Crippen LogP contribution in [0.1, 0.15) is 0 Å². The van der Waals surface area contributed by atoms with Crippen molar-refractivity contribution in [1.82, 2.24) is 24.7 Å². The monoisotopic (exact) mass is 475 g/mol. The average molecular weight is 476 g/mol. The number of nitrogen functional groups attached to an aromatic ring is 1. The predicted molar refractivity (Wildman–Crippen MR) is 123 cm³/mol. The van der Waals surface area contributed by atoms with Crippen LogP contribution in [0.3, 0.4) is 0 Å². The number of nitrogens with one attached hydrogen (secondary N) is 1. The third kappa shape index (κ3) is 4.98. The molecule has 0 saturated heterocycles. The smallest absolute Gasteiger partial charge is 0.408 e. The minimum absolute atomic E-state index is 0.0641. The van der Waals surface area contributed by atoms with Crippen LogP contribution in [0.4, 0.5) is 17.5 Å². The van der Waals surface area contributed by atoms with Crippen LogP contribution in [0.25, 0.3) is 22.7 Å². The lowest BCUT2D eigenvalue weighted by Crippen LogP contribution is -2.23. The SMILES string of the molecule is C[Si](C)(C)CCOCn1c(=O)oc2cc(Nc3noc(-c4nc(Cl)cnc4N)n3)ccc21. The van der Waals surface area contributed by atoms with Crippen LogP contribution in [-0.4, -0.2) is 39.4 Å². The Hall–Kier alpha value is -3.22. The molecule has 0 radical (unpaired) electrons. The summed E-state index contributed by atoms with van der Waals surface area (Å²) in [6, 6.07) is 6.20. The molecule has 0 atom stereocenters. The van der Waals surface area contributed by atoms with Crippen LogP contribution in [0, 0.1) is 0 Å². The normalized spacial score (nSPS) is 11.9. The standard InChI is InChI=1S/C19H22ClN7O4Si/c1-32(2,3)7-6-29-10-27-12-5-4-11(8-13(12)30-19(27)28)23-18-25-17(31-26-18)15-16(21)22-9-14(20)24-15/h4-5,8-9H,6-7,10H2,1-3H3,(H2,21,22)(H,23,26). The fourth-order valence-electron chi connectivity index (χ4n) is 2.83. The lowest BCUT2D eigenvalue weighted by atomic mass is 10.3. The molecule has 32 heavy (non-hydrogen) atoms. The number of nitrogens with two attached hydrogens (primary N) is 1. The molecule has 3 heterocycles. The van der Waals surface area contributed by atoms with E-state index in [0.29, 0.717) is 23.4 Å². The minimum Gasteiger partial charge on any atom is -0.408 e. The maximum absolute atomic E-state index is 12.2. The van der Waals surface area contributed by atoms with Gasteiger partial charge < -0.3 is 24.7 Å². The maximum Gasteiger partial charge on any atom is 0.421 e. The second-order valence-corrected chi connectivity index (χ2v) is 14.3. The van der Waals surface area contributed by atoms with Crippen LogP contribution in [0.15, 0.2) is 38.1 Å². The number of hydrogen-bond donors (Lipinski definition) is 2. The highest BCUT2D eigenvalue weighted by atomic mass is 35.5. The maximum atomic E-state index is 12.2. The van der Waals surface area contributed by atoms with Crippen molar-refractivity contribution in [1.29, 1.82) is 0 Å². The Morgan fingerprint density at radius 3 is 2.88 bits per heavy atom. The van der Waals surface area contributed by atoms with E-state index in [1.807, 2.05) is 0 Å². The van der Waals surface area contributed by atoms with Gasteiger partial charge in [0.2, 0.25) is 0 Å². The zero-order chi connectivity index (χ0) is 22.9. The van der Waals surface area contributed by atoms with Crippen LogP contribution in [0.5, 0.6) is 0 Å². The molecule has 3 aromatic heterocycles. The van der Waals surface area contributed by atoms with Gasteiger partial charge in [0.1, 0.15) is 11.9 Å². The quantitative estimate of drug-likeness (QED) is 0.285. The van der Waals surface area contributed by atoms with Gasteiger partial charge in [0.15, 0.2) is 17.1 Å². The van der Waals surface area contributed by atoms with E-state index in [1.165, 1.54) is 10.8 Å². The number of halogens is 1. The zero-order valence-corrected chi connectivity index (χ0v) is 19.5. The van der Waals surface area contributed by atoms with Gasteiger partial charge in [-0.3, -0.25) is 0 Å². The number of fused-ring (bicyclic) bond motifs is 1. The summed E-state index contributed by atoms with van der Waals surface area (Å²) in [6.45, 7) is 7.56. The van der Waals surface area contributed by atoms with E-state index in [0.717, 1.165) is 6.04 Å². The lowest BCUT2D eigenvalue weighted by Gasteiger charge is -2.15. The molecule has 0 fully saturated rings. The molecule has 11 nitrogen and oxygen atoms in total. The molecule has 0 bridgehead atoms. The molecule has 0 aliphatic heterocycles. The van der Waals surface area contributed by atoms with Crippen molar-refractivity contribution in [3.63, 3.8) is 0 Å². The Morgan fingerprint density at radius 1 is 1.28 bits per heavy atom. The molecule has 4 rings (SSSR count). The van der Waals surface area contributed by atoms with Gasteiger partial charge in [0, 0.05) is 26.4 Å². The lowest BCUT2D eigenvalue weighted by molar-refractivity contribution is 0.0850. The summed E-state index contributed by atoms with van der Waals surface area (Å²) < 4.78 is 17.7. The Kier molecular flexibility index (Phi) is 6.00. The number of benzene rings is 1. The van der Waals surface area contributed by atoms with E-state index in [-0.39, 0.29) is 35.2 Å². The molecule has 4 aromatic rings. The van der Waals surface area contributed by atoms with E-state index in [4.69, 9.17) is 31.0 Å². The first-order valence-corrected chi connectivity index (χ1v) is 13.9. The number of hydrogen-bond acceptors (Lipinski definition) is 10. The van der Waals surface area contributed by atoms with Crippen molar-refractivity contribution in [3.05, 3.63) is 40.1 Å². The predicted octanol–water partition coefficient (Wildman–Crippen LogP) is 3.73. The van der Waals surface area contributed by atoms with Crippen LogP contribution in [-0.2, 0) is 11.5 Å². The van der Waals surface area contributed by atoms with E-state index in [2.05, 4.69) is 45.1 Å². The second kappa shape index (κ2) is 8.73. The van der Waals surface area contributed by atoms with Crippen LogP contribution in [0.2, 0.25) is 30.8 Å². The molecule has 168 valence electrons. The molecule has 3 N–H and O–H groups in total. The highest BCUT2D eigenvalue weighted by molar-refractivity contribution is 6.76. The van der Waals surface area contributed by atoms with Crippen molar-refractivity contribution in [2.75, 3.05) is 17.7 Å². The third-order valence-corrected chi connectivity index (χ3v) is 6.43. The molecular formula is C19H22ClN7O4Si. The Balaban J connectivity index is 1.49. The van der Waals surface area contributed by atoms with E-state index in [1.54, 1.807) is 18.2 Å². The summed E-state index contributed by atoms with van der Waals surface area (Å²) in [5, 5.41) is 6.98. The summed E-state index contributed by atoms with van der Waals surface area (Å²) in [5.41, 5.74) is 7.61.